The van der Waals surface area contributed by atoms with E-state index in [1.54, 1.807) is 0 Å². The molecule has 3 heteroatoms. The van der Waals surface area contributed by atoms with Crippen LogP contribution in [0.25, 0.3) is 0 Å². The lowest BCUT2D eigenvalue weighted by Gasteiger charge is -2.34. The molecule has 1 radical (unpaired) electrons. The summed E-state index contributed by atoms with van der Waals surface area (Å²) < 4.78 is 0. The molecule has 0 unspecified atom stereocenters. The molecule has 3 nitrogen and oxygen atoms in total. The van der Waals surface area contributed by atoms with E-state index >= 15 is 0 Å². The number of para-hydroxylation sites is 3. The summed E-state index contributed by atoms with van der Waals surface area (Å²) in [5.74, 6) is 1.31. The largest absolute Gasteiger partial charge is 0.372 e. The van der Waals surface area contributed by atoms with Crippen LogP contribution in [0.4, 0.5) is 17.1 Å². The van der Waals surface area contributed by atoms with Gasteiger partial charge in [-0.05, 0) is 76.4 Å². The van der Waals surface area contributed by atoms with Crippen LogP contribution in [0.15, 0.2) is 72.8 Å². The minimum atomic E-state index is 0.982. The zero-order valence-electron chi connectivity index (χ0n) is 22.0. The molecule has 0 fully saturated rings. The van der Waals surface area contributed by atoms with Gasteiger partial charge in [0.15, 0.2) is 0 Å². The van der Waals surface area contributed by atoms with Gasteiger partial charge in [-0.1, -0.05) is 54.6 Å². The van der Waals surface area contributed by atoms with E-state index in [1.165, 1.54) is 39.7 Å². The monoisotopic (exact) mass is 456 g/mol. The van der Waals surface area contributed by atoms with Crippen LogP contribution in [0.3, 0.4) is 0 Å². The Bertz CT molecular complexity index is 884. The summed E-state index contributed by atoms with van der Waals surface area (Å²) in [6, 6.07) is 26.8. The van der Waals surface area contributed by atoms with Crippen molar-refractivity contribution in [2.24, 2.45) is 0 Å². The first-order valence-electron chi connectivity index (χ1n) is 13.0. The van der Waals surface area contributed by atoms with Crippen LogP contribution in [0.1, 0.15) is 58.2 Å². The molecule has 0 saturated carbocycles. The van der Waals surface area contributed by atoms with Gasteiger partial charge in [0, 0.05) is 56.3 Å². The summed E-state index contributed by atoms with van der Waals surface area (Å²) in [6.45, 7) is 19.4. The van der Waals surface area contributed by atoms with Gasteiger partial charge in [0.2, 0.25) is 0 Å². The first-order chi connectivity index (χ1) is 16.6. The molecular formula is C31H42N3. The van der Waals surface area contributed by atoms with Crippen LogP contribution in [0.5, 0.6) is 0 Å². The average Bonchev–Trinajstić information content (AvgIpc) is 2.89. The van der Waals surface area contributed by atoms with Gasteiger partial charge in [-0.2, -0.15) is 0 Å². The topological polar surface area (TPSA) is 9.72 Å². The number of nitrogens with zero attached hydrogens (tertiary/aromatic N) is 3. The predicted octanol–water partition coefficient (Wildman–Crippen LogP) is 7.24. The van der Waals surface area contributed by atoms with Gasteiger partial charge in [0.05, 0.1) is 5.92 Å². The maximum Gasteiger partial charge on any atom is 0.0692 e. The Morgan fingerprint density at radius 1 is 0.412 bits per heavy atom. The van der Waals surface area contributed by atoms with Crippen LogP contribution in [-0.2, 0) is 0 Å². The lowest BCUT2D eigenvalue weighted by Crippen LogP contribution is -2.28. The van der Waals surface area contributed by atoms with Crippen LogP contribution >= 0.6 is 0 Å². The van der Waals surface area contributed by atoms with E-state index in [1.807, 2.05) is 0 Å². The minimum Gasteiger partial charge on any atom is -0.372 e. The van der Waals surface area contributed by atoms with Crippen molar-refractivity contribution in [2.45, 2.75) is 41.5 Å². The van der Waals surface area contributed by atoms with Gasteiger partial charge < -0.3 is 14.7 Å². The third kappa shape index (κ3) is 5.24. The highest BCUT2D eigenvalue weighted by Gasteiger charge is 2.28. The van der Waals surface area contributed by atoms with Gasteiger partial charge in [-0.3, -0.25) is 0 Å². The smallest absolute Gasteiger partial charge is 0.0692 e. The third-order valence-corrected chi connectivity index (χ3v) is 6.83. The van der Waals surface area contributed by atoms with E-state index < -0.39 is 0 Å². The summed E-state index contributed by atoms with van der Waals surface area (Å²) in [5, 5.41) is 0. The molecule has 181 valence electrons. The number of benzene rings is 3. The lowest BCUT2D eigenvalue weighted by atomic mass is 9.81. The van der Waals surface area contributed by atoms with Crippen LogP contribution in [0.2, 0.25) is 0 Å². The van der Waals surface area contributed by atoms with E-state index in [2.05, 4.69) is 129 Å². The number of anilines is 3. The SMILES string of the molecule is CCN(CC)c1ccccc1[C](c1ccccc1N(CC)CC)c1ccccc1N(CC)CC. The first kappa shape index (κ1) is 25.7. The summed E-state index contributed by atoms with van der Waals surface area (Å²) in [5.41, 5.74) is 7.78. The molecule has 0 aliphatic heterocycles. The third-order valence-electron chi connectivity index (χ3n) is 6.83. The summed E-state index contributed by atoms with van der Waals surface area (Å²) >= 11 is 0. The fourth-order valence-electron chi connectivity index (χ4n) is 5.01. The number of rotatable bonds is 12. The van der Waals surface area contributed by atoms with E-state index in [4.69, 9.17) is 0 Å². The Balaban J connectivity index is 2.37. The van der Waals surface area contributed by atoms with E-state index in [-0.39, 0.29) is 0 Å². The molecule has 0 bridgehead atoms. The molecule has 0 spiro atoms. The Hall–Kier alpha value is -2.94. The van der Waals surface area contributed by atoms with E-state index in [9.17, 15) is 0 Å². The maximum absolute atomic E-state index is 2.47. The molecule has 0 heterocycles. The van der Waals surface area contributed by atoms with Gasteiger partial charge in [0.1, 0.15) is 0 Å². The second-order valence-corrected chi connectivity index (χ2v) is 8.44. The Kier molecular flexibility index (Phi) is 9.44. The van der Waals surface area contributed by atoms with Gasteiger partial charge in [0.25, 0.3) is 0 Å². The molecule has 0 aliphatic carbocycles. The van der Waals surface area contributed by atoms with Crippen molar-refractivity contribution >= 4 is 17.1 Å². The fourth-order valence-corrected chi connectivity index (χ4v) is 5.01. The maximum atomic E-state index is 2.47. The molecule has 3 rings (SSSR count). The molecule has 0 amide bonds. The zero-order chi connectivity index (χ0) is 24.5. The number of hydrogen-bond donors (Lipinski definition) is 0. The van der Waals surface area contributed by atoms with E-state index in [0.717, 1.165) is 39.3 Å². The Morgan fingerprint density at radius 2 is 0.647 bits per heavy atom. The Labute approximate surface area is 208 Å². The molecule has 0 saturated heterocycles. The first-order valence-corrected chi connectivity index (χ1v) is 13.0. The summed E-state index contributed by atoms with van der Waals surface area (Å²) in [4.78, 5) is 7.40. The summed E-state index contributed by atoms with van der Waals surface area (Å²) in [7, 11) is 0. The van der Waals surface area contributed by atoms with Crippen LogP contribution < -0.4 is 14.7 Å². The van der Waals surface area contributed by atoms with Crippen molar-refractivity contribution < 1.29 is 0 Å². The highest BCUT2D eigenvalue weighted by molar-refractivity contribution is 5.78. The van der Waals surface area contributed by atoms with Crippen molar-refractivity contribution in [1.82, 2.24) is 0 Å². The second-order valence-electron chi connectivity index (χ2n) is 8.44. The Morgan fingerprint density at radius 3 is 0.882 bits per heavy atom. The van der Waals surface area contributed by atoms with Gasteiger partial charge in [-0.15, -0.1) is 0 Å². The van der Waals surface area contributed by atoms with Gasteiger partial charge >= 0.3 is 0 Å². The average molecular weight is 457 g/mol. The molecule has 34 heavy (non-hydrogen) atoms. The highest BCUT2D eigenvalue weighted by atomic mass is 15.1. The normalized spacial score (nSPS) is 11.0. The van der Waals surface area contributed by atoms with Crippen molar-refractivity contribution in [1.29, 1.82) is 0 Å². The van der Waals surface area contributed by atoms with E-state index in [0.29, 0.717) is 0 Å². The minimum absolute atomic E-state index is 0.982. The molecule has 0 N–H and O–H groups in total. The van der Waals surface area contributed by atoms with Crippen molar-refractivity contribution in [3.05, 3.63) is 95.4 Å². The van der Waals surface area contributed by atoms with Gasteiger partial charge in [-0.25, -0.2) is 0 Å². The zero-order valence-corrected chi connectivity index (χ0v) is 22.0. The fraction of sp³-hybridized carbons (Fsp3) is 0.387. The second kappa shape index (κ2) is 12.5. The van der Waals surface area contributed by atoms with Crippen LogP contribution in [-0.4, -0.2) is 39.3 Å². The predicted molar refractivity (Wildman–Crippen MR) is 151 cm³/mol. The van der Waals surface area contributed by atoms with Crippen molar-refractivity contribution in [2.75, 3.05) is 54.0 Å². The molecule has 0 aliphatic rings. The standard InChI is InChI=1S/C31H42N3/c1-7-32(8-2)28-22-16-13-19-25(28)31(26-20-14-17-23-29(26)33(9-3)10-4)27-21-15-18-24-30(27)34(11-5)12-6/h13-24H,7-12H2,1-6H3. The molecule has 3 aromatic carbocycles. The lowest BCUT2D eigenvalue weighted by molar-refractivity contribution is 0.848. The summed E-state index contributed by atoms with van der Waals surface area (Å²) in [6.07, 6.45) is 0. The number of hydrogen-bond acceptors (Lipinski definition) is 3. The molecule has 3 aromatic rings. The van der Waals surface area contributed by atoms with Crippen molar-refractivity contribution in [3.63, 3.8) is 0 Å². The molecule has 0 atom stereocenters. The van der Waals surface area contributed by atoms with Crippen molar-refractivity contribution in [3.8, 4) is 0 Å². The molecular weight excluding hydrogens is 414 g/mol. The van der Waals surface area contributed by atoms with Crippen LogP contribution in [0, 0.1) is 5.92 Å². The highest BCUT2D eigenvalue weighted by Crippen LogP contribution is 2.43. The molecule has 0 aromatic heterocycles. The quantitative estimate of drug-likeness (QED) is 0.266.